The van der Waals surface area contributed by atoms with Gasteiger partial charge in [0.05, 0.1) is 5.69 Å². The molecule has 1 saturated heterocycles. The van der Waals surface area contributed by atoms with Gasteiger partial charge < -0.3 is 10.0 Å². The van der Waals surface area contributed by atoms with Gasteiger partial charge in [0.1, 0.15) is 11.4 Å². The quantitative estimate of drug-likeness (QED) is 0.820. The molecule has 1 aliphatic heterocycles. The summed E-state index contributed by atoms with van der Waals surface area (Å²) in [6.07, 6.45) is 1.11. The number of rotatable bonds is 2. The van der Waals surface area contributed by atoms with Crippen molar-refractivity contribution in [1.82, 2.24) is 9.78 Å². The van der Waals surface area contributed by atoms with Crippen molar-refractivity contribution < 1.29 is 9.90 Å². The average molecular weight is 223 g/mol. The number of aryl methyl sites for hydroxylation is 2. The van der Waals surface area contributed by atoms with Gasteiger partial charge in [0.25, 0.3) is 0 Å². The number of carboxylic acid groups (broad SMARTS) is 1. The van der Waals surface area contributed by atoms with Crippen LogP contribution in [0, 0.1) is 12.8 Å². The molecule has 0 radical (unpaired) electrons. The van der Waals surface area contributed by atoms with Crippen molar-refractivity contribution in [2.45, 2.75) is 20.3 Å². The van der Waals surface area contributed by atoms with Crippen LogP contribution in [-0.4, -0.2) is 33.9 Å². The maximum Gasteiger partial charge on any atom is 0.341 e. The minimum atomic E-state index is -0.889. The third-order valence-corrected chi connectivity index (χ3v) is 3.13. The van der Waals surface area contributed by atoms with Gasteiger partial charge in [-0.3, -0.25) is 4.68 Å². The molecule has 0 aliphatic carbocycles. The van der Waals surface area contributed by atoms with Gasteiger partial charge >= 0.3 is 5.97 Å². The van der Waals surface area contributed by atoms with Crippen LogP contribution in [-0.2, 0) is 7.05 Å². The Bertz CT molecular complexity index is 425. The summed E-state index contributed by atoms with van der Waals surface area (Å²) in [6, 6.07) is 0. The molecular weight excluding hydrogens is 206 g/mol. The molecule has 1 fully saturated rings. The van der Waals surface area contributed by atoms with Gasteiger partial charge in [-0.15, -0.1) is 0 Å². The minimum absolute atomic E-state index is 0.344. The lowest BCUT2D eigenvalue weighted by Crippen LogP contribution is -2.24. The Balaban J connectivity index is 2.43. The SMILES string of the molecule is Cc1nn(C)c(N2CCC(C)C2)c1C(=O)O. The van der Waals surface area contributed by atoms with Crippen molar-refractivity contribution >= 4 is 11.8 Å². The first-order chi connectivity index (χ1) is 7.50. The number of anilines is 1. The van der Waals surface area contributed by atoms with Crippen LogP contribution in [0.15, 0.2) is 0 Å². The lowest BCUT2D eigenvalue weighted by atomic mass is 10.2. The summed E-state index contributed by atoms with van der Waals surface area (Å²) in [5.41, 5.74) is 0.932. The zero-order chi connectivity index (χ0) is 11.9. The molecule has 1 aliphatic rings. The van der Waals surface area contributed by atoms with Crippen molar-refractivity contribution in [3.63, 3.8) is 0 Å². The van der Waals surface area contributed by atoms with Gasteiger partial charge in [-0.25, -0.2) is 4.79 Å². The molecule has 0 bridgehead atoms. The van der Waals surface area contributed by atoms with Crippen LogP contribution in [0.3, 0.4) is 0 Å². The van der Waals surface area contributed by atoms with Crippen LogP contribution in [0.4, 0.5) is 5.82 Å². The molecule has 0 amide bonds. The van der Waals surface area contributed by atoms with E-state index in [1.807, 2.05) is 0 Å². The van der Waals surface area contributed by atoms with Gasteiger partial charge in [-0.2, -0.15) is 5.10 Å². The molecule has 1 unspecified atom stereocenters. The standard InChI is InChI=1S/C11H17N3O2/c1-7-4-5-14(6-7)10-9(11(15)16)8(2)12-13(10)3/h7H,4-6H2,1-3H3,(H,15,16). The summed E-state index contributed by atoms with van der Waals surface area (Å²) in [6.45, 7) is 5.76. The molecule has 5 nitrogen and oxygen atoms in total. The second kappa shape index (κ2) is 3.81. The van der Waals surface area contributed by atoms with E-state index >= 15 is 0 Å². The molecule has 16 heavy (non-hydrogen) atoms. The van der Waals surface area contributed by atoms with E-state index < -0.39 is 5.97 Å². The largest absolute Gasteiger partial charge is 0.477 e. The molecule has 2 rings (SSSR count). The van der Waals surface area contributed by atoms with Crippen molar-refractivity contribution in [2.75, 3.05) is 18.0 Å². The Kier molecular flexibility index (Phi) is 2.61. The van der Waals surface area contributed by atoms with Crippen molar-refractivity contribution in [2.24, 2.45) is 13.0 Å². The summed E-state index contributed by atoms with van der Waals surface area (Å²) in [5, 5.41) is 13.4. The number of aromatic carboxylic acids is 1. The van der Waals surface area contributed by atoms with E-state index in [1.54, 1.807) is 18.7 Å². The number of carbonyl (C=O) groups is 1. The topological polar surface area (TPSA) is 58.4 Å². The molecule has 1 aromatic rings. The van der Waals surface area contributed by atoms with Crippen LogP contribution >= 0.6 is 0 Å². The maximum atomic E-state index is 11.2. The van der Waals surface area contributed by atoms with E-state index in [4.69, 9.17) is 0 Å². The molecular formula is C11H17N3O2. The minimum Gasteiger partial charge on any atom is -0.477 e. The van der Waals surface area contributed by atoms with Gasteiger partial charge in [-0.05, 0) is 19.3 Å². The monoisotopic (exact) mass is 223 g/mol. The second-order valence-corrected chi connectivity index (χ2v) is 4.55. The summed E-state index contributed by atoms with van der Waals surface area (Å²) in [4.78, 5) is 13.3. The predicted octanol–water partition coefficient (Wildman–Crippen LogP) is 1.27. The fraction of sp³-hybridized carbons (Fsp3) is 0.636. The van der Waals surface area contributed by atoms with Gasteiger partial charge in [0.15, 0.2) is 0 Å². The molecule has 1 aromatic heterocycles. The fourth-order valence-electron chi connectivity index (χ4n) is 2.39. The van der Waals surface area contributed by atoms with E-state index in [-0.39, 0.29) is 0 Å². The summed E-state index contributed by atoms with van der Waals surface area (Å²) in [7, 11) is 1.80. The van der Waals surface area contributed by atoms with E-state index in [2.05, 4.69) is 16.9 Å². The smallest absolute Gasteiger partial charge is 0.341 e. The third-order valence-electron chi connectivity index (χ3n) is 3.13. The molecule has 0 saturated carbocycles. The van der Waals surface area contributed by atoms with Crippen molar-refractivity contribution in [1.29, 1.82) is 0 Å². The number of hydrogen-bond donors (Lipinski definition) is 1. The van der Waals surface area contributed by atoms with E-state index in [0.29, 0.717) is 17.2 Å². The molecule has 0 aromatic carbocycles. The van der Waals surface area contributed by atoms with Crippen LogP contribution in [0.2, 0.25) is 0 Å². The first-order valence-electron chi connectivity index (χ1n) is 5.52. The highest BCUT2D eigenvalue weighted by Gasteiger charge is 2.28. The summed E-state index contributed by atoms with van der Waals surface area (Å²) < 4.78 is 1.68. The first-order valence-corrected chi connectivity index (χ1v) is 5.52. The van der Waals surface area contributed by atoms with Crippen LogP contribution < -0.4 is 4.90 Å². The second-order valence-electron chi connectivity index (χ2n) is 4.55. The zero-order valence-corrected chi connectivity index (χ0v) is 9.90. The lowest BCUT2D eigenvalue weighted by molar-refractivity contribution is 0.0696. The zero-order valence-electron chi connectivity index (χ0n) is 9.90. The van der Waals surface area contributed by atoms with Gasteiger partial charge in [0, 0.05) is 20.1 Å². The average Bonchev–Trinajstić information content (AvgIpc) is 2.69. The fourth-order valence-corrected chi connectivity index (χ4v) is 2.39. The molecule has 2 heterocycles. The number of carboxylic acids is 1. The summed E-state index contributed by atoms with van der Waals surface area (Å²) >= 11 is 0. The Labute approximate surface area is 94.7 Å². The van der Waals surface area contributed by atoms with Crippen LogP contribution in [0.1, 0.15) is 29.4 Å². The number of aromatic nitrogens is 2. The normalized spacial score (nSPS) is 20.4. The van der Waals surface area contributed by atoms with Gasteiger partial charge in [0.2, 0.25) is 0 Å². The maximum absolute atomic E-state index is 11.2. The predicted molar refractivity (Wildman–Crippen MR) is 60.9 cm³/mol. The molecule has 5 heteroatoms. The van der Waals surface area contributed by atoms with E-state index in [0.717, 1.165) is 25.3 Å². The van der Waals surface area contributed by atoms with Crippen molar-refractivity contribution in [3.05, 3.63) is 11.3 Å². The van der Waals surface area contributed by atoms with Crippen LogP contribution in [0.25, 0.3) is 0 Å². The lowest BCUT2D eigenvalue weighted by Gasteiger charge is -2.18. The molecule has 0 spiro atoms. The molecule has 1 N–H and O–H groups in total. The van der Waals surface area contributed by atoms with E-state index in [9.17, 15) is 9.90 Å². The Morgan fingerprint density at radius 3 is 2.75 bits per heavy atom. The Morgan fingerprint density at radius 2 is 2.25 bits per heavy atom. The van der Waals surface area contributed by atoms with Crippen LogP contribution in [0.5, 0.6) is 0 Å². The third kappa shape index (κ3) is 1.66. The number of hydrogen-bond acceptors (Lipinski definition) is 3. The van der Waals surface area contributed by atoms with Crippen molar-refractivity contribution in [3.8, 4) is 0 Å². The van der Waals surface area contributed by atoms with E-state index in [1.165, 1.54) is 0 Å². The highest BCUT2D eigenvalue weighted by molar-refractivity contribution is 5.94. The van der Waals surface area contributed by atoms with Gasteiger partial charge in [-0.1, -0.05) is 6.92 Å². The molecule has 88 valence electrons. The highest BCUT2D eigenvalue weighted by Crippen LogP contribution is 2.28. The molecule has 1 atom stereocenters. The summed E-state index contributed by atoms with van der Waals surface area (Å²) in [5.74, 6) is 0.478. The highest BCUT2D eigenvalue weighted by atomic mass is 16.4. The number of nitrogens with zero attached hydrogens (tertiary/aromatic N) is 3. The first kappa shape index (κ1) is 11.0. The Morgan fingerprint density at radius 1 is 1.56 bits per heavy atom. The Hall–Kier alpha value is -1.52.